The molecule has 0 unspecified atom stereocenters. The van der Waals surface area contributed by atoms with E-state index in [-0.39, 0.29) is 24.8 Å². The molecule has 2 amide bonds. The molecule has 2 aromatic rings. The first-order chi connectivity index (χ1) is 10.5. The SMILES string of the molecule is CC(=O)NCCC(=O)NCc1nc(-c2cccc(Cl)c2)no1. The molecule has 1 heterocycles. The largest absolute Gasteiger partial charge is 0.356 e. The molecule has 0 spiro atoms. The van der Waals surface area contributed by atoms with E-state index in [2.05, 4.69) is 20.8 Å². The first-order valence-corrected chi connectivity index (χ1v) is 7.02. The quantitative estimate of drug-likeness (QED) is 0.840. The molecular weight excluding hydrogens is 308 g/mol. The number of amides is 2. The van der Waals surface area contributed by atoms with Crippen molar-refractivity contribution in [3.05, 3.63) is 35.2 Å². The van der Waals surface area contributed by atoms with Gasteiger partial charge in [-0.05, 0) is 12.1 Å². The Hall–Kier alpha value is -2.41. The zero-order valence-corrected chi connectivity index (χ0v) is 12.7. The zero-order chi connectivity index (χ0) is 15.9. The maximum atomic E-state index is 11.5. The molecule has 0 radical (unpaired) electrons. The van der Waals surface area contributed by atoms with E-state index in [0.717, 1.165) is 5.56 Å². The first kappa shape index (κ1) is 16.0. The fourth-order valence-corrected chi connectivity index (χ4v) is 1.88. The van der Waals surface area contributed by atoms with Gasteiger partial charge in [-0.2, -0.15) is 4.98 Å². The predicted molar refractivity (Wildman–Crippen MR) is 79.9 cm³/mol. The van der Waals surface area contributed by atoms with Gasteiger partial charge >= 0.3 is 0 Å². The van der Waals surface area contributed by atoms with E-state index in [9.17, 15) is 9.59 Å². The number of carbonyl (C=O) groups is 2. The Morgan fingerprint density at radius 2 is 2.14 bits per heavy atom. The summed E-state index contributed by atoms with van der Waals surface area (Å²) >= 11 is 5.90. The minimum Gasteiger partial charge on any atom is -0.356 e. The molecule has 0 aliphatic rings. The summed E-state index contributed by atoms with van der Waals surface area (Å²) in [5.74, 6) is 0.319. The molecular formula is C14H15ClN4O3. The minimum atomic E-state index is -0.212. The lowest BCUT2D eigenvalue weighted by Gasteiger charge is -2.02. The Labute approximate surface area is 132 Å². The molecule has 0 atom stereocenters. The molecule has 8 heteroatoms. The van der Waals surface area contributed by atoms with Crippen LogP contribution in [0.15, 0.2) is 28.8 Å². The topological polar surface area (TPSA) is 97.1 Å². The van der Waals surface area contributed by atoms with Gasteiger partial charge in [0.15, 0.2) is 0 Å². The number of hydrogen-bond donors (Lipinski definition) is 2. The summed E-state index contributed by atoms with van der Waals surface area (Å²) in [7, 11) is 0. The Morgan fingerprint density at radius 3 is 2.86 bits per heavy atom. The van der Waals surface area contributed by atoms with Gasteiger partial charge in [0.05, 0.1) is 6.54 Å². The molecule has 0 aliphatic heterocycles. The number of carbonyl (C=O) groups excluding carboxylic acids is 2. The van der Waals surface area contributed by atoms with Crippen LogP contribution in [0.2, 0.25) is 5.02 Å². The maximum absolute atomic E-state index is 11.5. The Kier molecular flexibility index (Phi) is 5.48. The second-order valence-electron chi connectivity index (χ2n) is 4.53. The summed E-state index contributed by atoms with van der Waals surface area (Å²) < 4.78 is 5.06. The van der Waals surface area contributed by atoms with E-state index in [4.69, 9.17) is 16.1 Å². The first-order valence-electron chi connectivity index (χ1n) is 6.64. The summed E-state index contributed by atoms with van der Waals surface area (Å²) in [5, 5.41) is 9.59. The van der Waals surface area contributed by atoms with E-state index in [1.54, 1.807) is 18.2 Å². The fraction of sp³-hybridized carbons (Fsp3) is 0.286. The van der Waals surface area contributed by atoms with Crippen LogP contribution in [-0.4, -0.2) is 28.5 Å². The predicted octanol–water partition coefficient (Wildman–Crippen LogP) is 1.53. The van der Waals surface area contributed by atoms with Crippen LogP contribution in [0.3, 0.4) is 0 Å². The molecule has 0 fully saturated rings. The minimum absolute atomic E-state index is 0.131. The number of halogens is 1. The maximum Gasteiger partial charge on any atom is 0.246 e. The van der Waals surface area contributed by atoms with E-state index in [1.165, 1.54) is 6.92 Å². The smallest absolute Gasteiger partial charge is 0.246 e. The molecule has 2 N–H and O–H groups in total. The number of benzene rings is 1. The summed E-state index contributed by atoms with van der Waals surface area (Å²) in [4.78, 5) is 26.4. The van der Waals surface area contributed by atoms with Crippen molar-refractivity contribution < 1.29 is 14.1 Å². The van der Waals surface area contributed by atoms with Crippen molar-refractivity contribution in [3.8, 4) is 11.4 Å². The van der Waals surface area contributed by atoms with Crippen molar-refractivity contribution in [1.29, 1.82) is 0 Å². The van der Waals surface area contributed by atoms with Gasteiger partial charge in [0, 0.05) is 30.5 Å². The van der Waals surface area contributed by atoms with Gasteiger partial charge in [-0.1, -0.05) is 28.9 Å². The van der Waals surface area contributed by atoms with Crippen molar-refractivity contribution in [2.75, 3.05) is 6.54 Å². The number of nitrogens with one attached hydrogen (secondary N) is 2. The molecule has 116 valence electrons. The van der Waals surface area contributed by atoms with Crippen LogP contribution in [0.5, 0.6) is 0 Å². The Morgan fingerprint density at radius 1 is 1.32 bits per heavy atom. The van der Waals surface area contributed by atoms with Crippen LogP contribution < -0.4 is 10.6 Å². The van der Waals surface area contributed by atoms with Gasteiger partial charge in [-0.25, -0.2) is 0 Å². The van der Waals surface area contributed by atoms with Gasteiger partial charge < -0.3 is 15.2 Å². The van der Waals surface area contributed by atoms with Crippen molar-refractivity contribution in [3.63, 3.8) is 0 Å². The lowest BCUT2D eigenvalue weighted by atomic mass is 10.2. The lowest BCUT2D eigenvalue weighted by molar-refractivity contribution is -0.121. The molecule has 1 aromatic heterocycles. The average molecular weight is 323 g/mol. The monoisotopic (exact) mass is 322 g/mol. The van der Waals surface area contributed by atoms with Crippen LogP contribution in [0, 0.1) is 0 Å². The van der Waals surface area contributed by atoms with Crippen molar-refractivity contribution >= 4 is 23.4 Å². The van der Waals surface area contributed by atoms with Gasteiger partial charge in [0.25, 0.3) is 0 Å². The van der Waals surface area contributed by atoms with Crippen molar-refractivity contribution in [1.82, 2.24) is 20.8 Å². The van der Waals surface area contributed by atoms with E-state index >= 15 is 0 Å². The van der Waals surface area contributed by atoms with Crippen LogP contribution in [0.4, 0.5) is 0 Å². The molecule has 0 saturated carbocycles. The summed E-state index contributed by atoms with van der Waals surface area (Å²) in [5.41, 5.74) is 0.736. The number of hydrogen-bond acceptors (Lipinski definition) is 5. The summed E-state index contributed by atoms with van der Waals surface area (Å²) in [6.45, 7) is 1.82. The third-order valence-electron chi connectivity index (χ3n) is 2.71. The molecule has 0 aliphatic carbocycles. The highest BCUT2D eigenvalue weighted by Crippen LogP contribution is 2.19. The van der Waals surface area contributed by atoms with Gasteiger partial charge in [-0.3, -0.25) is 9.59 Å². The third-order valence-corrected chi connectivity index (χ3v) is 2.95. The van der Waals surface area contributed by atoms with E-state index in [0.29, 0.717) is 23.3 Å². The van der Waals surface area contributed by atoms with Crippen LogP contribution >= 0.6 is 11.6 Å². The highest BCUT2D eigenvalue weighted by Gasteiger charge is 2.10. The van der Waals surface area contributed by atoms with Crippen LogP contribution in [-0.2, 0) is 16.1 Å². The highest BCUT2D eigenvalue weighted by atomic mass is 35.5. The van der Waals surface area contributed by atoms with E-state index in [1.807, 2.05) is 6.07 Å². The lowest BCUT2D eigenvalue weighted by Crippen LogP contribution is -2.29. The molecule has 7 nitrogen and oxygen atoms in total. The van der Waals surface area contributed by atoms with Crippen molar-refractivity contribution in [2.24, 2.45) is 0 Å². The van der Waals surface area contributed by atoms with E-state index < -0.39 is 0 Å². The second-order valence-corrected chi connectivity index (χ2v) is 4.97. The number of aromatic nitrogens is 2. The molecule has 0 saturated heterocycles. The zero-order valence-electron chi connectivity index (χ0n) is 11.9. The van der Waals surface area contributed by atoms with Crippen LogP contribution in [0.1, 0.15) is 19.2 Å². The van der Waals surface area contributed by atoms with Crippen molar-refractivity contribution in [2.45, 2.75) is 19.9 Å². The molecule has 22 heavy (non-hydrogen) atoms. The Bertz CT molecular complexity index is 672. The second kappa shape index (κ2) is 7.56. The molecule has 1 aromatic carbocycles. The standard InChI is InChI=1S/C14H15ClN4O3/c1-9(20)16-6-5-12(21)17-8-13-18-14(19-22-13)10-3-2-4-11(15)7-10/h2-4,7H,5-6,8H2,1H3,(H,16,20)(H,17,21). The molecule has 0 bridgehead atoms. The highest BCUT2D eigenvalue weighted by molar-refractivity contribution is 6.30. The summed E-state index contributed by atoms with van der Waals surface area (Å²) in [6, 6.07) is 7.08. The van der Waals surface area contributed by atoms with Gasteiger partial charge in [-0.15, -0.1) is 0 Å². The van der Waals surface area contributed by atoms with Crippen LogP contribution in [0.25, 0.3) is 11.4 Å². The number of nitrogens with zero attached hydrogens (tertiary/aromatic N) is 2. The Balaban J connectivity index is 1.85. The normalized spacial score (nSPS) is 10.3. The summed E-state index contributed by atoms with van der Waals surface area (Å²) in [6.07, 6.45) is 0.189. The number of rotatable bonds is 6. The van der Waals surface area contributed by atoms with Gasteiger partial charge in [0.1, 0.15) is 0 Å². The van der Waals surface area contributed by atoms with Gasteiger partial charge in [0.2, 0.25) is 23.5 Å². The molecule has 2 rings (SSSR count). The fourth-order valence-electron chi connectivity index (χ4n) is 1.69. The average Bonchev–Trinajstić information content (AvgIpc) is 2.93. The third kappa shape index (κ3) is 4.85.